The molecule has 1 aromatic carbocycles. The Labute approximate surface area is 111 Å². The molecule has 3 N–H and O–H groups in total. The van der Waals surface area contributed by atoms with Gasteiger partial charge in [0.25, 0.3) is 0 Å². The first-order valence-electron chi connectivity index (χ1n) is 5.85. The highest BCUT2D eigenvalue weighted by atomic mass is 32.2. The standard InChI is InChI=1S/C12H14F2N2O2S/c1-6(12(17)16-8-2-3-8)19(18)11-9(13)4-7(15)5-10(11)14/h4-6,8H,2-3,15H2,1H3,(H,16,17). The molecular weight excluding hydrogens is 274 g/mol. The van der Waals surface area contributed by atoms with E-state index in [2.05, 4.69) is 5.32 Å². The van der Waals surface area contributed by atoms with Gasteiger partial charge in [-0.25, -0.2) is 8.78 Å². The Bertz CT molecular complexity index is 524. The lowest BCUT2D eigenvalue weighted by Crippen LogP contribution is -2.37. The number of hydrogen-bond donors (Lipinski definition) is 2. The summed E-state index contributed by atoms with van der Waals surface area (Å²) in [5, 5.41) is 1.63. The summed E-state index contributed by atoms with van der Waals surface area (Å²) in [7, 11) is -2.10. The maximum atomic E-state index is 13.6. The summed E-state index contributed by atoms with van der Waals surface area (Å²) in [6.07, 6.45) is 1.77. The lowest BCUT2D eigenvalue weighted by Gasteiger charge is -2.13. The van der Waals surface area contributed by atoms with Gasteiger partial charge >= 0.3 is 0 Å². The molecule has 0 bridgehead atoms. The van der Waals surface area contributed by atoms with E-state index in [9.17, 15) is 17.8 Å². The molecule has 1 fully saturated rings. The molecule has 7 heteroatoms. The third kappa shape index (κ3) is 3.09. The molecule has 0 spiro atoms. The fourth-order valence-electron chi connectivity index (χ4n) is 1.59. The van der Waals surface area contributed by atoms with Crippen molar-refractivity contribution in [3.8, 4) is 0 Å². The monoisotopic (exact) mass is 288 g/mol. The predicted octanol–water partition coefficient (Wildman–Crippen LogP) is 1.32. The average molecular weight is 288 g/mol. The van der Waals surface area contributed by atoms with E-state index in [-0.39, 0.29) is 11.7 Å². The molecule has 1 aromatic rings. The Morgan fingerprint density at radius 2 is 1.95 bits per heavy atom. The summed E-state index contributed by atoms with van der Waals surface area (Å²) in [5.41, 5.74) is 5.19. The number of carbonyl (C=O) groups excluding carboxylic acids is 1. The molecule has 2 unspecified atom stereocenters. The largest absolute Gasteiger partial charge is 0.399 e. The smallest absolute Gasteiger partial charge is 0.236 e. The molecule has 0 aromatic heterocycles. The topological polar surface area (TPSA) is 72.2 Å². The second-order valence-electron chi connectivity index (χ2n) is 4.54. The highest BCUT2D eigenvalue weighted by Gasteiger charge is 2.30. The number of amides is 1. The minimum absolute atomic E-state index is 0.0918. The molecule has 2 rings (SSSR count). The predicted molar refractivity (Wildman–Crippen MR) is 67.8 cm³/mol. The molecule has 4 nitrogen and oxygen atoms in total. The normalized spacial score (nSPS) is 17.8. The van der Waals surface area contributed by atoms with Crippen LogP contribution in [0.2, 0.25) is 0 Å². The van der Waals surface area contributed by atoms with E-state index < -0.39 is 38.5 Å². The maximum Gasteiger partial charge on any atom is 0.236 e. The Balaban J connectivity index is 2.20. The van der Waals surface area contributed by atoms with Crippen LogP contribution in [-0.4, -0.2) is 21.4 Å². The van der Waals surface area contributed by atoms with Gasteiger partial charge in [0.2, 0.25) is 5.91 Å². The Hall–Kier alpha value is -1.50. The van der Waals surface area contributed by atoms with Crippen LogP contribution in [0.3, 0.4) is 0 Å². The number of nitrogens with one attached hydrogen (secondary N) is 1. The number of halogens is 2. The van der Waals surface area contributed by atoms with Crippen LogP contribution in [0.4, 0.5) is 14.5 Å². The van der Waals surface area contributed by atoms with Crippen molar-refractivity contribution in [1.82, 2.24) is 5.32 Å². The van der Waals surface area contributed by atoms with Crippen LogP contribution in [0.25, 0.3) is 0 Å². The van der Waals surface area contributed by atoms with Crippen LogP contribution in [0.5, 0.6) is 0 Å². The van der Waals surface area contributed by atoms with E-state index in [0.29, 0.717) is 0 Å². The summed E-state index contributed by atoms with van der Waals surface area (Å²) in [6.45, 7) is 1.38. The van der Waals surface area contributed by atoms with E-state index in [1.807, 2.05) is 0 Å². The zero-order chi connectivity index (χ0) is 14.2. The summed E-state index contributed by atoms with van der Waals surface area (Å²) < 4.78 is 39.3. The van der Waals surface area contributed by atoms with E-state index in [0.717, 1.165) is 25.0 Å². The molecule has 1 aliphatic rings. The minimum Gasteiger partial charge on any atom is -0.399 e. The highest BCUT2D eigenvalue weighted by molar-refractivity contribution is 7.86. The third-order valence-electron chi connectivity index (χ3n) is 2.84. The van der Waals surface area contributed by atoms with Crippen LogP contribution in [0.15, 0.2) is 17.0 Å². The number of hydrogen-bond acceptors (Lipinski definition) is 3. The summed E-state index contributed by atoms with van der Waals surface area (Å²) in [4.78, 5) is 11.1. The van der Waals surface area contributed by atoms with Gasteiger partial charge in [0.05, 0.1) is 10.8 Å². The first-order chi connectivity index (χ1) is 8.90. The first-order valence-corrected chi connectivity index (χ1v) is 7.07. The number of nitrogen functional groups attached to an aromatic ring is 1. The summed E-state index contributed by atoms with van der Waals surface area (Å²) >= 11 is 0. The van der Waals surface area contributed by atoms with Crippen molar-refractivity contribution < 1.29 is 17.8 Å². The molecule has 0 heterocycles. The van der Waals surface area contributed by atoms with Gasteiger partial charge in [-0.3, -0.25) is 9.00 Å². The summed E-state index contributed by atoms with van der Waals surface area (Å²) in [5.74, 6) is -2.46. The fourth-order valence-corrected chi connectivity index (χ4v) is 2.71. The number of nitrogens with two attached hydrogens (primary N) is 1. The Kier molecular flexibility index (Phi) is 3.84. The Morgan fingerprint density at radius 1 is 1.42 bits per heavy atom. The number of benzene rings is 1. The quantitative estimate of drug-likeness (QED) is 0.821. The van der Waals surface area contributed by atoms with E-state index >= 15 is 0 Å². The SMILES string of the molecule is CC(C(=O)NC1CC1)S(=O)c1c(F)cc(N)cc1F. The Morgan fingerprint density at radius 3 is 2.42 bits per heavy atom. The molecule has 1 aliphatic carbocycles. The van der Waals surface area contributed by atoms with Crippen molar-refractivity contribution in [2.24, 2.45) is 0 Å². The van der Waals surface area contributed by atoms with Crippen LogP contribution in [0.1, 0.15) is 19.8 Å². The van der Waals surface area contributed by atoms with Gasteiger partial charge in [-0.05, 0) is 31.9 Å². The van der Waals surface area contributed by atoms with E-state index in [1.165, 1.54) is 6.92 Å². The van der Waals surface area contributed by atoms with Crippen molar-refractivity contribution in [3.05, 3.63) is 23.8 Å². The van der Waals surface area contributed by atoms with Crippen LogP contribution in [0, 0.1) is 11.6 Å². The number of rotatable bonds is 4. The first kappa shape index (κ1) is 13.9. The van der Waals surface area contributed by atoms with Crippen molar-refractivity contribution in [2.75, 3.05) is 5.73 Å². The molecular formula is C12H14F2N2O2S. The number of anilines is 1. The molecule has 19 heavy (non-hydrogen) atoms. The molecule has 0 saturated heterocycles. The zero-order valence-electron chi connectivity index (χ0n) is 10.3. The van der Waals surface area contributed by atoms with Gasteiger partial charge < -0.3 is 11.1 Å². The average Bonchev–Trinajstić information content (AvgIpc) is 3.10. The fraction of sp³-hybridized carbons (Fsp3) is 0.417. The van der Waals surface area contributed by atoms with E-state index in [4.69, 9.17) is 5.73 Å². The van der Waals surface area contributed by atoms with Gasteiger partial charge in [-0.1, -0.05) is 0 Å². The second kappa shape index (κ2) is 5.24. The van der Waals surface area contributed by atoms with Gasteiger partial charge in [-0.2, -0.15) is 0 Å². The molecule has 1 saturated carbocycles. The van der Waals surface area contributed by atoms with Gasteiger partial charge in [0, 0.05) is 11.7 Å². The molecule has 1 amide bonds. The van der Waals surface area contributed by atoms with Gasteiger partial charge in [-0.15, -0.1) is 0 Å². The third-order valence-corrected chi connectivity index (χ3v) is 4.48. The lowest BCUT2D eigenvalue weighted by molar-refractivity contribution is -0.120. The van der Waals surface area contributed by atoms with Crippen molar-refractivity contribution in [2.45, 2.75) is 36.0 Å². The van der Waals surface area contributed by atoms with Gasteiger partial charge in [0.15, 0.2) is 0 Å². The van der Waals surface area contributed by atoms with Crippen molar-refractivity contribution in [3.63, 3.8) is 0 Å². The molecule has 104 valence electrons. The highest BCUT2D eigenvalue weighted by Crippen LogP contribution is 2.24. The summed E-state index contributed by atoms with van der Waals surface area (Å²) in [6, 6.07) is 1.89. The lowest BCUT2D eigenvalue weighted by atomic mass is 10.3. The molecule has 0 radical (unpaired) electrons. The van der Waals surface area contributed by atoms with E-state index in [1.54, 1.807) is 0 Å². The van der Waals surface area contributed by atoms with Crippen LogP contribution >= 0.6 is 0 Å². The maximum absolute atomic E-state index is 13.6. The second-order valence-corrected chi connectivity index (χ2v) is 6.25. The van der Waals surface area contributed by atoms with Crippen molar-refractivity contribution in [1.29, 1.82) is 0 Å². The van der Waals surface area contributed by atoms with Gasteiger partial charge in [0.1, 0.15) is 21.8 Å². The van der Waals surface area contributed by atoms with Crippen molar-refractivity contribution >= 4 is 22.4 Å². The minimum atomic E-state index is -2.10. The molecule has 2 atom stereocenters. The zero-order valence-corrected chi connectivity index (χ0v) is 11.1. The van der Waals surface area contributed by atoms with Crippen LogP contribution < -0.4 is 11.1 Å². The van der Waals surface area contributed by atoms with Crippen LogP contribution in [-0.2, 0) is 15.6 Å². The molecule has 0 aliphatic heterocycles. The number of carbonyl (C=O) groups is 1.